The Morgan fingerprint density at radius 3 is 2.75 bits per heavy atom. The van der Waals surface area contributed by atoms with Gasteiger partial charge in [-0.05, 0) is 51.9 Å². The fourth-order valence-corrected chi connectivity index (χ4v) is 4.71. The third-order valence-corrected chi connectivity index (χ3v) is 6.35. The molecule has 0 saturated carbocycles. The number of aromatic nitrogens is 2. The monoisotopic (exact) mass is 372 g/mol. The molecule has 1 saturated heterocycles. The first-order chi connectivity index (χ1) is 10.9. The van der Waals surface area contributed by atoms with Gasteiger partial charge in [0.2, 0.25) is 10.0 Å². The Labute approximate surface area is 149 Å². The molecule has 1 fully saturated rings. The van der Waals surface area contributed by atoms with Crippen LogP contribution in [0.25, 0.3) is 10.9 Å². The standard InChI is InChI=1S/C16H24N4O2S.ClH/c1-12(2)20-16-7-6-15(9-13(16)10-18-20)23(21,22)19-8-4-5-14(11-19)17-3;/h6-7,9-10,12,14,17H,4-5,8,11H2,1-3H3;1H. The summed E-state index contributed by atoms with van der Waals surface area (Å²) in [6.45, 7) is 5.23. The van der Waals surface area contributed by atoms with Crippen LogP contribution >= 0.6 is 12.4 Å². The molecule has 1 aromatic heterocycles. The van der Waals surface area contributed by atoms with E-state index >= 15 is 0 Å². The summed E-state index contributed by atoms with van der Waals surface area (Å²) in [6.07, 6.45) is 3.64. The van der Waals surface area contributed by atoms with Crippen molar-refractivity contribution >= 4 is 33.3 Å². The topological polar surface area (TPSA) is 67.2 Å². The quantitative estimate of drug-likeness (QED) is 0.894. The van der Waals surface area contributed by atoms with E-state index < -0.39 is 10.0 Å². The van der Waals surface area contributed by atoms with E-state index in [0.717, 1.165) is 23.7 Å². The Morgan fingerprint density at radius 2 is 2.08 bits per heavy atom. The van der Waals surface area contributed by atoms with Gasteiger partial charge in [-0.1, -0.05) is 0 Å². The van der Waals surface area contributed by atoms with Crippen molar-refractivity contribution in [2.75, 3.05) is 20.1 Å². The van der Waals surface area contributed by atoms with Crippen LogP contribution < -0.4 is 5.32 Å². The van der Waals surface area contributed by atoms with Gasteiger partial charge in [-0.3, -0.25) is 4.68 Å². The molecule has 1 atom stereocenters. The van der Waals surface area contributed by atoms with E-state index in [1.807, 2.05) is 17.8 Å². The summed E-state index contributed by atoms with van der Waals surface area (Å²) in [5.74, 6) is 0. The minimum absolute atomic E-state index is 0. The van der Waals surface area contributed by atoms with E-state index in [2.05, 4.69) is 24.3 Å². The van der Waals surface area contributed by atoms with Crippen LogP contribution in [0.15, 0.2) is 29.3 Å². The fraction of sp³-hybridized carbons (Fsp3) is 0.562. The Bertz CT molecular complexity index is 804. The van der Waals surface area contributed by atoms with Crippen LogP contribution in [0.4, 0.5) is 0 Å². The van der Waals surface area contributed by atoms with Crippen LogP contribution in [0.3, 0.4) is 0 Å². The van der Waals surface area contributed by atoms with Crippen LogP contribution in [0, 0.1) is 0 Å². The summed E-state index contributed by atoms with van der Waals surface area (Å²) in [4.78, 5) is 0.352. The highest BCUT2D eigenvalue weighted by atomic mass is 35.5. The van der Waals surface area contributed by atoms with E-state index in [-0.39, 0.29) is 24.5 Å². The second kappa shape index (κ2) is 7.39. The van der Waals surface area contributed by atoms with Crippen molar-refractivity contribution in [1.82, 2.24) is 19.4 Å². The zero-order valence-electron chi connectivity index (χ0n) is 14.3. The molecule has 1 unspecified atom stereocenters. The van der Waals surface area contributed by atoms with Crippen molar-refractivity contribution in [1.29, 1.82) is 0 Å². The Hall–Kier alpha value is -1.15. The third-order valence-electron chi connectivity index (χ3n) is 4.49. The van der Waals surface area contributed by atoms with Crippen LogP contribution in [0.2, 0.25) is 0 Å². The Morgan fingerprint density at radius 1 is 1.33 bits per heavy atom. The summed E-state index contributed by atoms with van der Waals surface area (Å²) < 4.78 is 29.3. The van der Waals surface area contributed by atoms with Crippen molar-refractivity contribution in [3.05, 3.63) is 24.4 Å². The molecule has 1 aliphatic heterocycles. The second-order valence-electron chi connectivity index (χ2n) is 6.39. The lowest BCUT2D eigenvalue weighted by atomic mass is 10.1. The lowest BCUT2D eigenvalue weighted by Gasteiger charge is -2.31. The fourth-order valence-electron chi connectivity index (χ4n) is 3.15. The highest BCUT2D eigenvalue weighted by Gasteiger charge is 2.29. The van der Waals surface area contributed by atoms with E-state index in [1.165, 1.54) is 0 Å². The lowest BCUT2D eigenvalue weighted by molar-refractivity contribution is 0.293. The average molecular weight is 373 g/mol. The van der Waals surface area contributed by atoms with E-state index in [9.17, 15) is 8.42 Å². The van der Waals surface area contributed by atoms with Gasteiger partial charge in [0.1, 0.15) is 0 Å². The number of sulfonamides is 1. The number of piperidine rings is 1. The molecule has 0 spiro atoms. The maximum atomic E-state index is 12.9. The van der Waals surface area contributed by atoms with Gasteiger partial charge >= 0.3 is 0 Å². The minimum atomic E-state index is -3.45. The number of fused-ring (bicyclic) bond motifs is 1. The molecule has 24 heavy (non-hydrogen) atoms. The molecule has 2 aromatic rings. The molecular formula is C16H25ClN4O2S. The minimum Gasteiger partial charge on any atom is -0.316 e. The molecule has 1 aliphatic rings. The van der Waals surface area contributed by atoms with E-state index in [0.29, 0.717) is 18.0 Å². The molecule has 3 rings (SSSR count). The predicted molar refractivity (Wildman–Crippen MR) is 98.2 cm³/mol. The number of rotatable bonds is 4. The second-order valence-corrected chi connectivity index (χ2v) is 8.33. The number of nitrogens with zero attached hydrogens (tertiary/aromatic N) is 3. The largest absolute Gasteiger partial charge is 0.316 e. The van der Waals surface area contributed by atoms with Gasteiger partial charge in [0.25, 0.3) is 0 Å². The Kier molecular flexibility index (Phi) is 5.91. The summed E-state index contributed by atoms with van der Waals surface area (Å²) in [7, 11) is -1.57. The summed E-state index contributed by atoms with van der Waals surface area (Å²) in [5.41, 5.74) is 0.964. The predicted octanol–water partition coefficient (Wildman–Crippen LogP) is 2.41. The number of nitrogens with one attached hydrogen (secondary N) is 1. The molecule has 1 aromatic carbocycles. The van der Waals surface area contributed by atoms with Gasteiger partial charge in [0.05, 0.1) is 16.6 Å². The molecule has 6 nitrogen and oxygen atoms in total. The molecule has 0 aliphatic carbocycles. The summed E-state index contributed by atoms with van der Waals surface area (Å²) >= 11 is 0. The summed E-state index contributed by atoms with van der Waals surface area (Å²) in [5, 5.41) is 8.40. The van der Waals surface area contributed by atoms with Gasteiger partial charge in [-0.25, -0.2) is 8.42 Å². The molecule has 0 radical (unpaired) electrons. The molecule has 134 valence electrons. The normalized spacial score (nSPS) is 19.6. The van der Waals surface area contributed by atoms with Crippen LogP contribution in [-0.2, 0) is 10.0 Å². The highest BCUT2D eigenvalue weighted by molar-refractivity contribution is 7.89. The maximum Gasteiger partial charge on any atom is 0.243 e. The molecular weight excluding hydrogens is 348 g/mol. The number of halogens is 1. The van der Waals surface area contributed by atoms with Crippen molar-refractivity contribution in [2.24, 2.45) is 0 Å². The highest BCUT2D eigenvalue weighted by Crippen LogP contribution is 2.25. The van der Waals surface area contributed by atoms with Gasteiger partial charge in [-0.2, -0.15) is 9.40 Å². The van der Waals surface area contributed by atoms with Crippen molar-refractivity contribution < 1.29 is 8.42 Å². The molecule has 0 amide bonds. The van der Waals surface area contributed by atoms with Crippen molar-refractivity contribution in [2.45, 2.75) is 43.7 Å². The lowest BCUT2D eigenvalue weighted by Crippen LogP contribution is -2.46. The molecule has 0 bridgehead atoms. The van der Waals surface area contributed by atoms with E-state index in [4.69, 9.17) is 0 Å². The Balaban J connectivity index is 0.00000208. The first-order valence-electron chi connectivity index (χ1n) is 8.08. The first-order valence-corrected chi connectivity index (χ1v) is 9.52. The van der Waals surface area contributed by atoms with Gasteiger partial charge in [-0.15, -0.1) is 12.4 Å². The van der Waals surface area contributed by atoms with Gasteiger partial charge < -0.3 is 5.32 Å². The number of likely N-dealkylation sites (N-methyl/N-ethyl adjacent to an activating group) is 1. The smallest absolute Gasteiger partial charge is 0.243 e. The average Bonchev–Trinajstić information content (AvgIpc) is 2.98. The van der Waals surface area contributed by atoms with Crippen molar-refractivity contribution in [3.63, 3.8) is 0 Å². The van der Waals surface area contributed by atoms with Crippen LogP contribution in [0.1, 0.15) is 32.7 Å². The van der Waals surface area contributed by atoms with Crippen LogP contribution in [-0.4, -0.2) is 48.7 Å². The summed E-state index contributed by atoms with van der Waals surface area (Å²) in [6, 6.07) is 5.76. The number of hydrogen-bond acceptors (Lipinski definition) is 4. The van der Waals surface area contributed by atoms with E-state index in [1.54, 1.807) is 22.6 Å². The maximum absolute atomic E-state index is 12.9. The van der Waals surface area contributed by atoms with Crippen molar-refractivity contribution in [3.8, 4) is 0 Å². The molecule has 1 N–H and O–H groups in total. The SMILES string of the molecule is CNC1CCCN(S(=O)(=O)c2ccc3c(cnn3C(C)C)c2)C1.Cl. The first kappa shape index (κ1) is 19.2. The number of hydrogen-bond donors (Lipinski definition) is 1. The van der Waals surface area contributed by atoms with Gasteiger partial charge in [0, 0.05) is 30.6 Å². The molecule has 2 heterocycles. The zero-order valence-corrected chi connectivity index (χ0v) is 15.9. The zero-order chi connectivity index (χ0) is 16.6. The van der Waals surface area contributed by atoms with Crippen LogP contribution in [0.5, 0.6) is 0 Å². The molecule has 8 heteroatoms. The third kappa shape index (κ3) is 3.44. The number of benzene rings is 1. The van der Waals surface area contributed by atoms with Gasteiger partial charge in [0.15, 0.2) is 0 Å².